The first-order valence-corrected chi connectivity index (χ1v) is 15.2. The number of carbonyl (C=O) groups excluding carboxylic acids is 3. The Morgan fingerprint density at radius 1 is 0.955 bits per heavy atom. The maximum atomic E-state index is 15.4. The van der Waals surface area contributed by atoms with Crippen molar-refractivity contribution in [3.05, 3.63) is 53.8 Å². The van der Waals surface area contributed by atoms with E-state index in [9.17, 15) is 18.8 Å². The van der Waals surface area contributed by atoms with E-state index in [0.29, 0.717) is 37.2 Å². The van der Waals surface area contributed by atoms with Gasteiger partial charge in [-0.05, 0) is 75.9 Å². The number of carbonyl (C=O) groups is 3. The summed E-state index contributed by atoms with van der Waals surface area (Å²) in [6.07, 6.45) is -0.906. The highest BCUT2D eigenvalue weighted by atomic mass is 19.1. The topological polar surface area (TPSA) is 97.4 Å². The van der Waals surface area contributed by atoms with Gasteiger partial charge >= 0.3 is 12.2 Å². The zero-order chi connectivity index (χ0) is 32.0. The van der Waals surface area contributed by atoms with Crippen molar-refractivity contribution in [1.29, 1.82) is 0 Å². The van der Waals surface area contributed by atoms with Crippen LogP contribution in [-0.2, 0) is 20.7 Å². The first-order valence-electron chi connectivity index (χ1n) is 15.2. The van der Waals surface area contributed by atoms with E-state index in [4.69, 9.17) is 14.2 Å². The number of benzene rings is 2. The second-order valence-corrected chi connectivity index (χ2v) is 12.6. The van der Waals surface area contributed by atoms with E-state index in [0.717, 1.165) is 5.56 Å². The minimum atomic E-state index is -1.12. The van der Waals surface area contributed by atoms with E-state index in [1.54, 1.807) is 37.8 Å². The average Bonchev–Trinajstić information content (AvgIpc) is 3.39. The molecule has 0 bridgehead atoms. The summed E-state index contributed by atoms with van der Waals surface area (Å²) in [6.45, 7) is 10.1. The van der Waals surface area contributed by atoms with Gasteiger partial charge in [-0.1, -0.05) is 24.3 Å². The molecule has 2 unspecified atom stereocenters. The summed E-state index contributed by atoms with van der Waals surface area (Å²) in [4.78, 5) is 40.8. The maximum Gasteiger partial charge on any atom is 0.410 e. The van der Waals surface area contributed by atoms with Crippen LogP contribution in [-0.4, -0.2) is 84.1 Å². The van der Waals surface area contributed by atoms with E-state index in [-0.39, 0.29) is 49.8 Å². The first kappa shape index (κ1) is 33.0. The molecule has 0 aliphatic carbocycles. The van der Waals surface area contributed by atoms with Crippen LogP contribution in [0.15, 0.2) is 42.5 Å². The van der Waals surface area contributed by atoms with Crippen molar-refractivity contribution in [2.75, 3.05) is 26.2 Å². The molecule has 2 saturated heterocycles. The highest BCUT2D eigenvalue weighted by molar-refractivity contribution is 5.86. The molecule has 2 fully saturated rings. The van der Waals surface area contributed by atoms with Gasteiger partial charge in [0.15, 0.2) is 0 Å². The van der Waals surface area contributed by atoms with Gasteiger partial charge in [0.25, 0.3) is 0 Å². The van der Waals surface area contributed by atoms with Gasteiger partial charge in [0, 0.05) is 38.9 Å². The summed E-state index contributed by atoms with van der Waals surface area (Å²) in [6, 6.07) is 11.0. The quantitative estimate of drug-likeness (QED) is 0.398. The normalized spacial score (nSPS) is 18.2. The third-order valence-electron chi connectivity index (χ3n) is 7.44. The van der Waals surface area contributed by atoms with E-state index < -0.39 is 35.6 Å². The van der Waals surface area contributed by atoms with E-state index in [1.807, 2.05) is 38.1 Å². The lowest BCUT2D eigenvalue weighted by Gasteiger charge is -2.32. The zero-order valence-corrected chi connectivity index (χ0v) is 26.1. The zero-order valence-electron chi connectivity index (χ0n) is 26.1. The molecule has 0 saturated carbocycles. The van der Waals surface area contributed by atoms with Crippen molar-refractivity contribution in [1.82, 2.24) is 15.1 Å². The molecule has 44 heavy (non-hydrogen) atoms. The summed E-state index contributed by atoms with van der Waals surface area (Å²) in [5.74, 6) is -0.323. The Kier molecular flexibility index (Phi) is 10.7. The Labute approximate surface area is 257 Å². The molecule has 2 aromatic carbocycles. The number of hydrogen-bond acceptors (Lipinski definition) is 6. The summed E-state index contributed by atoms with van der Waals surface area (Å²) >= 11 is 0. The van der Waals surface area contributed by atoms with Crippen LogP contribution in [0.3, 0.4) is 0 Å². The minimum absolute atomic E-state index is 0.0260. The molecule has 9 nitrogen and oxygen atoms in total. The van der Waals surface area contributed by atoms with Crippen molar-refractivity contribution in [3.8, 4) is 16.9 Å². The molecule has 11 heteroatoms. The summed E-state index contributed by atoms with van der Waals surface area (Å²) in [7, 11) is 0. The molecule has 0 aromatic heterocycles. The molecule has 2 heterocycles. The standard InChI is InChI=1S/C33H43F2N3O6/c1-21(2)42-32(41)37-16-13-27(14-17-37)43-26-10-8-22(9-11-26)23-6-7-24(28(35)18-23)19-29(36-31(40)44-33(3,4)5)30(39)38-15-12-25(34)20-38/h6-11,18,21,25,27,29H,12-17,19-20H2,1-5H3,(H,36,40). The first-order chi connectivity index (χ1) is 20.8. The van der Waals surface area contributed by atoms with Crippen molar-refractivity contribution in [2.45, 2.75) is 90.3 Å². The van der Waals surface area contributed by atoms with Crippen molar-refractivity contribution in [2.24, 2.45) is 0 Å². The highest BCUT2D eigenvalue weighted by Gasteiger charge is 2.33. The predicted molar refractivity (Wildman–Crippen MR) is 162 cm³/mol. The van der Waals surface area contributed by atoms with Crippen LogP contribution in [0.25, 0.3) is 11.1 Å². The van der Waals surface area contributed by atoms with Gasteiger partial charge in [0.2, 0.25) is 5.91 Å². The van der Waals surface area contributed by atoms with Gasteiger partial charge in [-0.25, -0.2) is 18.4 Å². The van der Waals surface area contributed by atoms with Crippen LogP contribution < -0.4 is 10.1 Å². The summed E-state index contributed by atoms with van der Waals surface area (Å²) < 4.78 is 45.9. The number of piperidine rings is 1. The van der Waals surface area contributed by atoms with Crippen molar-refractivity contribution >= 4 is 18.1 Å². The highest BCUT2D eigenvalue weighted by Crippen LogP contribution is 2.27. The van der Waals surface area contributed by atoms with Gasteiger partial charge < -0.3 is 29.3 Å². The Morgan fingerprint density at radius 2 is 1.59 bits per heavy atom. The number of amides is 3. The molecule has 240 valence electrons. The van der Waals surface area contributed by atoms with E-state index in [2.05, 4.69) is 5.32 Å². The summed E-state index contributed by atoms with van der Waals surface area (Å²) in [5, 5.41) is 2.56. The SMILES string of the molecule is CC(C)OC(=O)N1CCC(Oc2ccc(-c3ccc(CC(NC(=O)OC(C)(C)C)C(=O)N4CCC(F)C4)c(F)c3)cc2)CC1. The third-order valence-corrected chi connectivity index (χ3v) is 7.44. The third kappa shape index (κ3) is 9.30. The van der Waals surface area contributed by atoms with Gasteiger partial charge in [-0.3, -0.25) is 4.79 Å². The molecule has 0 radical (unpaired) electrons. The van der Waals surface area contributed by atoms with E-state index in [1.165, 1.54) is 11.0 Å². The molecule has 4 rings (SSSR count). The number of ether oxygens (including phenoxy) is 3. The lowest BCUT2D eigenvalue weighted by molar-refractivity contribution is -0.132. The second kappa shape index (κ2) is 14.3. The monoisotopic (exact) mass is 615 g/mol. The van der Waals surface area contributed by atoms with Crippen LogP contribution in [0.5, 0.6) is 5.75 Å². The van der Waals surface area contributed by atoms with E-state index >= 15 is 4.39 Å². The Morgan fingerprint density at radius 3 is 2.16 bits per heavy atom. The fourth-order valence-corrected chi connectivity index (χ4v) is 5.25. The average molecular weight is 616 g/mol. The van der Waals surface area contributed by atoms with Crippen LogP contribution in [0.2, 0.25) is 0 Å². The van der Waals surface area contributed by atoms with Crippen molar-refractivity contribution < 1.29 is 37.4 Å². The van der Waals surface area contributed by atoms with Gasteiger partial charge in [0.1, 0.15) is 35.5 Å². The Hall–Kier alpha value is -3.89. The van der Waals surface area contributed by atoms with Gasteiger partial charge in [-0.15, -0.1) is 0 Å². The lowest BCUT2D eigenvalue weighted by Crippen LogP contribution is -2.50. The number of rotatable bonds is 8. The molecule has 3 amide bonds. The van der Waals surface area contributed by atoms with Crippen molar-refractivity contribution in [3.63, 3.8) is 0 Å². The van der Waals surface area contributed by atoms with Crippen LogP contribution in [0.1, 0.15) is 59.4 Å². The number of alkyl carbamates (subject to hydrolysis) is 1. The van der Waals surface area contributed by atoms with Crippen LogP contribution >= 0.6 is 0 Å². The fraction of sp³-hybridized carbons (Fsp3) is 0.545. The molecule has 2 aromatic rings. The lowest BCUT2D eigenvalue weighted by atomic mass is 9.99. The predicted octanol–water partition coefficient (Wildman–Crippen LogP) is 5.89. The smallest absolute Gasteiger partial charge is 0.410 e. The number of nitrogens with zero attached hydrogens (tertiary/aromatic N) is 2. The molecule has 2 atom stereocenters. The maximum absolute atomic E-state index is 15.4. The number of alkyl halides is 1. The molecule has 1 N–H and O–H groups in total. The fourth-order valence-electron chi connectivity index (χ4n) is 5.25. The number of halogens is 2. The van der Waals surface area contributed by atoms with Crippen LogP contribution in [0.4, 0.5) is 18.4 Å². The number of nitrogens with one attached hydrogen (secondary N) is 1. The molecule has 2 aliphatic rings. The minimum Gasteiger partial charge on any atom is -0.490 e. The molecular weight excluding hydrogens is 572 g/mol. The van der Waals surface area contributed by atoms with Crippen LogP contribution in [0, 0.1) is 5.82 Å². The molecule has 0 spiro atoms. The largest absolute Gasteiger partial charge is 0.490 e. The number of hydrogen-bond donors (Lipinski definition) is 1. The van der Waals surface area contributed by atoms with Gasteiger partial charge in [0.05, 0.1) is 12.6 Å². The second-order valence-electron chi connectivity index (χ2n) is 12.6. The Balaban J connectivity index is 1.38. The molecule has 2 aliphatic heterocycles. The number of likely N-dealkylation sites (tertiary alicyclic amines) is 2. The molecular formula is C33H43F2N3O6. The van der Waals surface area contributed by atoms with Gasteiger partial charge in [-0.2, -0.15) is 0 Å². The Bertz CT molecular complexity index is 1310. The summed E-state index contributed by atoms with van der Waals surface area (Å²) in [5.41, 5.74) is 0.864.